The highest BCUT2D eigenvalue weighted by Crippen LogP contribution is 2.34. The van der Waals surface area contributed by atoms with Crippen molar-refractivity contribution in [2.45, 2.75) is 20.5 Å². The topological polar surface area (TPSA) is 34.5 Å². The molecule has 0 saturated carbocycles. The van der Waals surface area contributed by atoms with Crippen LogP contribution in [0.25, 0.3) is 6.08 Å². The minimum Gasteiger partial charge on any atom is -0.488 e. The minimum atomic E-state index is -0.276. The van der Waals surface area contributed by atoms with Crippen LogP contribution in [0, 0.1) is 19.7 Å². The zero-order valence-corrected chi connectivity index (χ0v) is 20.0. The van der Waals surface area contributed by atoms with Crippen molar-refractivity contribution in [1.82, 2.24) is 4.68 Å². The van der Waals surface area contributed by atoms with Gasteiger partial charge in [0.1, 0.15) is 18.2 Å². The smallest absolute Gasteiger partial charge is 0.285 e. The molecule has 0 N–H and O–H groups in total. The molecule has 2 aromatic carbocycles. The largest absolute Gasteiger partial charge is 0.488 e. The fourth-order valence-corrected chi connectivity index (χ4v) is 4.98. The zero-order chi connectivity index (χ0) is 22.1. The third-order valence-corrected chi connectivity index (χ3v) is 6.67. The number of halogens is 2. The first-order chi connectivity index (χ1) is 14.8. The number of amides is 1. The highest BCUT2D eigenvalue weighted by Gasteiger charge is 2.34. The number of benzene rings is 2. The van der Waals surface area contributed by atoms with Crippen LogP contribution in [-0.2, 0) is 11.4 Å². The summed E-state index contributed by atoms with van der Waals surface area (Å²) in [4.78, 5) is 13.6. The lowest BCUT2D eigenvalue weighted by Crippen LogP contribution is -2.39. The Morgan fingerprint density at radius 3 is 2.42 bits per heavy atom. The number of ether oxygens (including phenoxy) is 1. The Balaban J connectivity index is 1.51. The summed E-state index contributed by atoms with van der Waals surface area (Å²) >= 11 is 10.3. The fourth-order valence-electron chi connectivity index (χ4n) is 3.22. The molecule has 0 unspecified atom stereocenters. The molecule has 0 spiro atoms. The van der Waals surface area contributed by atoms with E-state index in [1.807, 2.05) is 54.9 Å². The molecule has 1 aromatic heterocycles. The second-order valence-corrected chi connectivity index (χ2v) is 9.56. The summed E-state index contributed by atoms with van der Waals surface area (Å²) in [5, 5.41) is 1.53. The Morgan fingerprint density at radius 1 is 1.10 bits per heavy atom. The number of thioether (sulfide) groups is 1. The van der Waals surface area contributed by atoms with Crippen molar-refractivity contribution >= 4 is 56.2 Å². The number of thiocarbonyl (C=S) groups is 1. The zero-order valence-electron chi connectivity index (χ0n) is 16.8. The van der Waals surface area contributed by atoms with E-state index in [9.17, 15) is 9.18 Å². The summed E-state index contributed by atoms with van der Waals surface area (Å²) < 4.78 is 21.9. The molecule has 0 radical (unpaired) electrons. The number of carbonyl (C=O) groups is 1. The van der Waals surface area contributed by atoms with Gasteiger partial charge in [-0.1, -0.05) is 30.0 Å². The Morgan fingerprint density at radius 2 is 1.77 bits per heavy atom. The van der Waals surface area contributed by atoms with Gasteiger partial charge in [0, 0.05) is 11.4 Å². The molecule has 1 saturated heterocycles. The molecule has 4 rings (SSSR count). The lowest BCUT2D eigenvalue weighted by Gasteiger charge is -2.20. The number of rotatable bonds is 5. The van der Waals surface area contributed by atoms with Crippen molar-refractivity contribution < 1.29 is 13.9 Å². The van der Waals surface area contributed by atoms with E-state index in [2.05, 4.69) is 15.9 Å². The van der Waals surface area contributed by atoms with Gasteiger partial charge < -0.3 is 4.74 Å². The summed E-state index contributed by atoms with van der Waals surface area (Å²) in [5.74, 6) is 0.236. The van der Waals surface area contributed by atoms with Gasteiger partial charge >= 0.3 is 0 Å². The molecule has 8 heteroatoms. The van der Waals surface area contributed by atoms with E-state index >= 15 is 0 Å². The van der Waals surface area contributed by atoms with Gasteiger partial charge in [0.2, 0.25) is 0 Å². The first-order valence-electron chi connectivity index (χ1n) is 9.43. The summed E-state index contributed by atoms with van der Waals surface area (Å²) in [7, 11) is 0. The normalized spacial score (nSPS) is 15.2. The maximum absolute atomic E-state index is 13.0. The third kappa shape index (κ3) is 4.61. The first-order valence-corrected chi connectivity index (χ1v) is 11.5. The number of aromatic nitrogens is 1. The van der Waals surface area contributed by atoms with Gasteiger partial charge in [-0.2, -0.15) is 5.01 Å². The van der Waals surface area contributed by atoms with Crippen LogP contribution in [0.5, 0.6) is 5.75 Å². The molecule has 4 nitrogen and oxygen atoms in total. The van der Waals surface area contributed by atoms with Crippen LogP contribution in [0.15, 0.2) is 64.0 Å². The Labute approximate surface area is 197 Å². The van der Waals surface area contributed by atoms with Crippen LogP contribution in [0.4, 0.5) is 4.39 Å². The van der Waals surface area contributed by atoms with Gasteiger partial charge in [-0.25, -0.2) is 4.39 Å². The van der Waals surface area contributed by atoms with Crippen LogP contribution in [0.3, 0.4) is 0 Å². The highest BCUT2D eigenvalue weighted by atomic mass is 79.9. The van der Waals surface area contributed by atoms with E-state index in [1.165, 1.54) is 28.9 Å². The van der Waals surface area contributed by atoms with Crippen LogP contribution < -0.4 is 9.75 Å². The number of carbonyl (C=O) groups excluding carboxylic acids is 1. The molecular weight excluding hydrogens is 499 g/mol. The predicted octanol–water partition coefficient (Wildman–Crippen LogP) is 6.12. The van der Waals surface area contributed by atoms with Gasteiger partial charge in [0.15, 0.2) is 4.32 Å². The van der Waals surface area contributed by atoms with Gasteiger partial charge in [0.25, 0.3) is 5.91 Å². The molecule has 0 atom stereocenters. The molecule has 2 heterocycles. The number of hydrogen-bond donors (Lipinski definition) is 0. The molecule has 0 bridgehead atoms. The highest BCUT2D eigenvalue weighted by molar-refractivity contribution is 9.10. The van der Waals surface area contributed by atoms with Crippen molar-refractivity contribution in [2.75, 3.05) is 5.01 Å². The molecule has 3 aromatic rings. The first kappa shape index (κ1) is 21.8. The average Bonchev–Trinajstić information content (AvgIpc) is 3.20. The quantitative estimate of drug-likeness (QED) is 0.302. The van der Waals surface area contributed by atoms with E-state index in [-0.39, 0.29) is 11.7 Å². The van der Waals surface area contributed by atoms with Crippen LogP contribution in [-0.4, -0.2) is 14.9 Å². The van der Waals surface area contributed by atoms with Gasteiger partial charge in [-0.3, -0.25) is 9.47 Å². The Hall–Kier alpha value is -2.42. The average molecular weight is 517 g/mol. The Kier molecular flexibility index (Phi) is 6.31. The molecule has 1 aliphatic rings. The number of hydrogen-bond acceptors (Lipinski definition) is 4. The summed E-state index contributed by atoms with van der Waals surface area (Å²) in [6.45, 7) is 4.21. The number of aryl methyl sites for hydroxylation is 2. The summed E-state index contributed by atoms with van der Waals surface area (Å²) in [6.07, 6.45) is 1.82. The van der Waals surface area contributed by atoms with Gasteiger partial charge in [-0.05, 0) is 95.6 Å². The summed E-state index contributed by atoms with van der Waals surface area (Å²) in [5.41, 5.74) is 3.61. The predicted molar refractivity (Wildman–Crippen MR) is 130 cm³/mol. The monoisotopic (exact) mass is 516 g/mol. The molecule has 31 heavy (non-hydrogen) atoms. The number of nitrogens with zero attached hydrogens (tertiary/aromatic N) is 2. The maximum atomic E-state index is 13.0. The van der Waals surface area contributed by atoms with Crippen molar-refractivity contribution in [3.63, 3.8) is 0 Å². The maximum Gasteiger partial charge on any atom is 0.285 e. The van der Waals surface area contributed by atoms with E-state index in [0.717, 1.165) is 27.0 Å². The van der Waals surface area contributed by atoms with E-state index in [4.69, 9.17) is 17.0 Å². The van der Waals surface area contributed by atoms with Crippen LogP contribution in [0.2, 0.25) is 0 Å². The van der Waals surface area contributed by atoms with Crippen molar-refractivity contribution in [3.05, 3.63) is 92.3 Å². The lowest BCUT2D eigenvalue weighted by molar-refractivity contribution is -0.114. The van der Waals surface area contributed by atoms with E-state index in [0.29, 0.717) is 21.6 Å². The molecule has 1 fully saturated rings. The van der Waals surface area contributed by atoms with Crippen molar-refractivity contribution in [1.29, 1.82) is 0 Å². The van der Waals surface area contributed by atoms with Gasteiger partial charge in [0.05, 0.1) is 9.38 Å². The summed E-state index contributed by atoms with van der Waals surface area (Å²) in [6, 6.07) is 15.7. The van der Waals surface area contributed by atoms with Crippen molar-refractivity contribution in [2.24, 2.45) is 0 Å². The standard InChI is InChI=1S/C23H18BrFN2O2S2/c1-14-3-4-15(2)26(14)27-22(28)21(31-23(27)30)12-17-7-10-20(19(24)11-17)29-13-16-5-8-18(25)9-6-16/h3-12H,13H2,1-2H3/b21-12-. The molecular formula is C23H18BrFN2O2S2. The van der Waals surface area contributed by atoms with Gasteiger partial charge in [-0.15, -0.1) is 0 Å². The van der Waals surface area contributed by atoms with Crippen molar-refractivity contribution in [3.8, 4) is 5.75 Å². The second-order valence-electron chi connectivity index (χ2n) is 7.03. The molecule has 1 aliphatic heterocycles. The lowest BCUT2D eigenvalue weighted by atomic mass is 10.2. The van der Waals surface area contributed by atoms with Crippen LogP contribution in [0.1, 0.15) is 22.5 Å². The van der Waals surface area contributed by atoms with Crippen LogP contribution >= 0.6 is 39.9 Å². The Bertz CT molecular complexity index is 1190. The SMILES string of the molecule is Cc1ccc(C)n1N1C(=O)/C(=C/c2ccc(OCc3ccc(F)cc3)c(Br)c2)SC1=S. The minimum absolute atomic E-state index is 0.148. The second kappa shape index (κ2) is 8.98. The van der Waals surface area contributed by atoms with E-state index < -0.39 is 0 Å². The van der Waals surface area contributed by atoms with E-state index in [1.54, 1.807) is 12.1 Å². The molecule has 0 aliphatic carbocycles. The molecule has 1 amide bonds. The third-order valence-electron chi connectivity index (χ3n) is 4.77. The fraction of sp³-hybridized carbons (Fsp3) is 0.130. The molecule has 158 valence electrons.